The number of nitrogens with one attached hydrogen (secondary N) is 1. The van der Waals surface area contributed by atoms with E-state index in [1.54, 1.807) is 12.3 Å². The van der Waals surface area contributed by atoms with Crippen LogP contribution in [0.2, 0.25) is 0 Å². The highest BCUT2D eigenvalue weighted by Gasteiger charge is 2.15. The molecule has 0 aromatic carbocycles. The normalized spacial score (nSPS) is 15.6. The van der Waals surface area contributed by atoms with E-state index in [0.717, 1.165) is 31.4 Å². The van der Waals surface area contributed by atoms with E-state index in [1.807, 2.05) is 13.1 Å². The second-order valence-electron chi connectivity index (χ2n) is 4.59. The maximum atomic E-state index is 8.86. The zero-order valence-electron chi connectivity index (χ0n) is 10.6. The Balaban J connectivity index is 0.00000162. The molecule has 18 heavy (non-hydrogen) atoms. The van der Waals surface area contributed by atoms with Crippen LogP contribution >= 0.6 is 12.4 Å². The van der Waals surface area contributed by atoms with Gasteiger partial charge in [-0.05, 0) is 44.0 Å². The van der Waals surface area contributed by atoms with Gasteiger partial charge < -0.3 is 10.2 Å². The van der Waals surface area contributed by atoms with Gasteiger partial charge in [0.25, 0.3) is 0 Å². The lowest BCUT2D eigenvalue weighted by atomic mass is 9.98. The number of piperidine rings is 1. The Morgan fingerprint density at radius 3 is 2.89 bits per heavy atom. The molecule has 0 spiro atoms. The minimum absolute atomic E-state index is 0. The number of pyridine rings is 1. The van der Waals surface area contributed by atoms with E-state index in [0.29, 0.717) is 5.56 Å². The van der Waals surface area contributed by atoms with Crippen molar-refractivity contribution in [3.63, 3.8) is 0 Å². The van der Waals surface area contributed by atoms with Crippen LogP contribution in [0.5, 0.6) is 0 Å². The van der Waals surface area contributed by atoms with Gasteiger partial charge in [-0.1, -0.05) is 0 Å². The molecule has 0 bridgehead atoms. The van der Waals surface area contributed by atoms with Gasteiger partial charge in [-0.2, -0.15) is 5.26 Å². The van der Waals surface area contributed by atoms with Crippen molar-refractivity contribution >= 4 is 18.2 Å². The zero-order chi connectivity index (χ0) is 12.1. The number of aromatic nitrogens is 1. The lowest BCUT2D eigenvalue weighted by Gasteiger charge is -2.28. The van der Waals surface area contributed by atoms with E-state index in [1.165, 1.54) is 12.8 Å². The first-order chi connectivity index (χ1) is 8.29. The van der Waals surface area contributed by atoms with Crippen LogP contribution in [0.1, 0.15) is 18.4 Å². The van der Waals surface area contributed by atoms with Crippen molar-refractivity contribution in [2.24, 2.45) is 5.92 Å². The molecular formula is C13H19ClN4. The Labute approximate surface area is 114 Å². The van der Waals surface area contributed by atoms with Gasteiger partial charge in [0.15, 0.2) is 0 Å². The molecule has 0 saturated carbocycles. The quantitative estimate of drug-likeness (QED) is 0.907. The Kier molecular flexibility index (Phi) is 5.90. The highest BCUT2D eigenvalue weighted by molar-refractivity contribution is 5.85. The molecule has 0 aliphatic carbocycles. The second-order valence-corrected chi connectivity index (χ2v) is 4.59. The highest BCUT2D eigenvalue weighted by atomic mass is 35.5. The molecule has 0 atom stereocenters. The van der Waals surface area contributed by atoms with Crippen molar-refractivity contribution in [3.8, 4) is 6.07 Å². The summed E-state index contributed by atoms with van der Waals surface area (Å²) >= 11 is 0. The molecular weight excluding hydrogens is 248 g/mol. The fourth-order valence-electron chi connectivity index (χ4n) is 2.24. The summed E-state index contributed by atoms with van der Waals surface area (Å²) in [7, 11) is 2.05. The van der Waals surface area contributed by atoms with Crippen LogP contribution in [0.4, 0.5) is 5.82 Å². The lowest BCUT2D eigenvalue weighted by Crippen LogP contribution is -2.34. The van der Waals surface area contributed by atoms with Crippen LogP contribution in [0.15, 0.2) is 18.3 Å². The molecule has 1 N–H and O–H groups in total. The van der Waals surface area contributed by atoms with Gasteiger partial charge in [0, 0.05) is 19.8 Å². The molecule has 1 aliphatic heterocycles. The zero-order valence-corrected chi connectivity index (χ0v) is 11.4. The average molecular weight is 267 g/mol. The summed E-state index contributed by atoms with van der Waals surface area (Å²) in [4.78, 5) is 6.46. The molecule has 0 radical (unpaired) electrons. The lowest BCUT2D eigenvalue weighted by molar-refractivity contribution is 0.377. The molecule has 1 aromatic heterocycles. The van der Waals surface area contributed by atoms with Crippen LogP contribution in [-0.2, 0) is 0 Å². The number of nitriles is 1. The van der Waals surface area contributed by atoms with E-state index < -0.39 is 0 Å². The minimum Gasteiger partial charge on any atom is -0.359 e. The smallest absolute Gasteiger partial charge is 0.129 e. The summed E-state index contributed by atoms with van der Waals surface area (Å²) in [6, 6.07) is 5.74. The number of halogens is 1. The topological polar surface area (TPSA) is 52.0 Å². The SMILES string of the molecule is CN(CC1CCNCC1)c1cc(C#N)ccn1.Cl. The molecule has 4 nitrogen and oxygen atoms in total. The van der Waals surface area contributed by atoms with E-state index in [-0.39, 0.29) is 12.4 Å². The number of hydrogen-bond donors (Lipinski definition) is 1. The maximum absolute atomic E-state index is 8.86. The molecule has 98 valence electrons. The largest absolute Gasteiger partial charge is 0.359 e. The Morgan fingerprint density at radius 1 is 1.50 bits per heavy atom. The Bertz CT molecular complexity index is 410. The minimum atomic E-state index is 0. The molecule has 0 unspecified atom stereocenters. The molecule has 5 heteroatoms. The highest BCUT2D eigenvalue weighted by Crippen LogP contribution is 2.17. The van der Waals surface area contributed by atoms with Crippen LogP contribution in [0.3, 0.4) is 0 Å². The predicted molar refractivity (Wildman–Crippen MR) is 75.1 cm³/mol. The summed E-state index contributed by atoms with van der Waals surface area (Å²) in [5, 5.41) is 12.2. The molecule has 2 rings (SSSR count). The molecule has 0 amide bonds. The van der Waals surface area contributed by atoms with Crippen molar-refractivity contribution < 1.29 is 0 Å². The maximum Gasteiger partial charge on any atom is 0.129 e. The average Bonchev–Trinajstić information content (AvgIpc) is 2.40. The third-order valence-corrected chi connectivity index (χ3v) is 3.26. The van der Waals surface area contributed by atoms with Crippen molar-refractivity contribution in [1.29, 1.82) is 5.26 Å². The summed E-state index contributed by atoms with van der Waals surface area (Å²) < 4.78 is 0. The molecule has 1 saturated heterocycles. The predicted octanol–water partition coefficient (Wildman–Crippen LogP) is 1.81. The molecule has 1 aromatic rings. The van der Waals surface area contributed by atoms with Gasteiger partial charge in [0.2, 0.25) is 0 Å². The van der Waals surface area contributed by atoms with Gasteiger partial charge in [0.05, 0.1) is 11.6 Å². The van der Waals surface area contributed by atoms with Crippen molar-refractivity contribution in [3.05, 3.63) is 23.9 Å². The third-order valence-electron chi connectivity index (χ3n) is 3.26. The first-order valence-electron chi connectivity index (χ1n) is 6.07. The second kappa shape index (κ2) is 7.20. The monoisotopic (exact) mass is 266 g/mol. The number of anilines is 1. The van der Waals surface area contributed by atoms with Gasteiger partial charge in [-0.3, -0.25) is 0 Å². The first-order valence-corrected chi connectivity index (χ1v) is 6.07. The van der Waals surface area contributed by atoms with E-state index in [9.17, 15) is 0 Å². The summed E-state index contributed by atoms with van der Waals surface area (Å²) in [6.45, 7) is 3.25. The number of nitrogens with zero attached hydrogens (tertiary/aromatic N) is 3. The standard InChI is InChI=1S/C13H18N4.ClH/c1-17(10-11-2-5-15-6-3-11)13-8-12(9-14)4-7-16-13;/h4,7-8,11,15H,2-3,5-6,10H2,1H3;1H. The van der Waals surface area contributed by atoms with E-state index in [4.69, 9.17) is 5.26 Å². The van der Waals surface area contributed by atoms with Gasteiger partial charge in [-0.25, -0.2) is 4.98 Å². The molecule has 2 heterocycles. The van der Waals surface area contributed by atoms with Crippen LogP contribution < -0.4 is 10.2 Å². The van der Waals surface area contributed by atoms with Crippen molar-refractivity contribution in [2.45, 2.75) is 12.8 Å². The summed E-state index contributed by atoms with van der Waals surface area (Å²) in [6.07, 6.45) is 4.15. The van der Waals surface area contributed by atoms with Crippen LogP contribution in [-0.4, -0.2) is 31.7 Å². The number of hydrogen-bond acceptors (Lipinski definition) is 4. The third kappa shape index (κ3) is 3.86. The van der Waals surface area contributed by atoms with Crippen LogP contribution in [0.25, 0.3) is 0 Å². The Hall–Kier alpha value is -1.31. The van der Waals surface area contributed by atoms with E-state index in [2.05, 4.69) is 21.3 Å². The van der Waals surface area contributed by atoms with Crippen molar-refractivity contribution in [2.75, 3.05) is 31.6 Å². The van der Waals surface area contributed by atoms with Gasteiger partial charge >= 0.3 is 0 Å². The Morgan fingerprint density at radius 2 is 2.22 bits per heavy atom. The fraction of sp³-hybridized carbons (Fsp3) is 0.538. The summed E-state index contributed by atoms with van der Waals surface area (Å²) in [5.41, 5.74) is 0.673. The van der Waals surface area contributed by atoms with E-state index >= 15 is 0 Å². The molecule has 1 aliphatic rings. The fourth-order valence-corrected chi connectivity index (χ4v) is 2.24. The molecule has 1 fully saturated rings. The van der Waals surface area contributed by atoms with Crippen molar-refractivity contribution in [1.82, 2.24) is 10.3 Å². The van der Waals surface area contributed by atoms with Gasteiger partial charge in [-0.15, -0.1) is 12.4 Å². The summed E-state index contributed by atoms with van der Waals surface area (Å²) in [5.74, 6) is 1.62. The van der Waals surface area contributed by atoms with Crippen LogP contribution in [0, 0.1) is 17.2 Å². The van der Waals surface area contributed by atoms with Gasteiger partial charge in [0.1, 0.15) is 5.82 Å². The first kappa shape index (κ1) is 14.7. The number of rotatable bonds is 3.